The Hall–Kier alpha value is -2.82. The summed E-state index contributed by atoms with van der Waals surface area (Å²) in [6.45, 7) is 7.10. The molecule has 0 bridgehead atoms. The number of amides is 1. The van der Waals surface area contributed by atoms with Crippen LogP contribution < -0.4 is 14.8 Å². The molecule has 2 aromatic rings. The molecule has 0 radical (unpaired) electrons. The molecule has 0 unspecified atom stereocenters. The lowest BCUT2D eigenvalue weighted by molar-refractivity contribution is -0.111. The maximum Gasteiger partial charge on any atom is 0.248 e. The Morgan fingerprint density at radius 2 is 2.04 bits per heavy atom. The molecule has 2 rings (SSSR count). The van der Waals surface area contributed by atoms with Crippen molar-refractivity contribution in [2.45, 2.75) is 27.2 Å². The number of hydrogen-bond donors (Lipinski definition) is 1. The molecule has 0 aliphatic rings. The fourth-order valence-electron chi connectivity index (χ4n) is 2.17. The fourth-order valence-corrected chi connectivity index (χ4v) is 2.17. The van der Waals surface area contributed by atoms with Crippen molar-refractivity contribution in [2.75, 3.05) is 18.5 Å². The summed E-state index contributed by atoms with van der Waals surface area (Å²) < 4.78 is 11.3. The number of pyridine rings is 1. The Kier molecular flexibility index (Phi) is 7.01. The van der Waals surface area contributed by atoms with Crippen LogP contribution in [0.3, 0.4) is 0 Å². The third-order valence-corrected chi connectivity index (χ3v) is 3.45. The molecule has 0 atom stereocenters. The van der Waals surface area contributed by atoms with Crippen molar-refractivity contribution in [2.24, 2.45) is 0 Å². The number of benzene rings is 1. The highest BCUT2D eigenvalue weighted by molar-refractivity contribution is 6.02. The molecule has 0 spiro atoms. The lowest BCUT2D eigenvalue weighted by atomic mass is 10.2. The SMILES string of the molecule is CCCOc1ccc(C=CC(=O)Nc2cnccc2C)cc1OCC. The van der Waals surface area contributed by atoms with Gasteiger partial charge in [-0.3, -0.25) is 9.78 Å². The maximum absolute atomic E-state index is 12.1. The molecule has 0 aliphatic heterocycles. The zero-order chi connectivity index (χ0) is 18.1. The minimum absolute atomic E-state index is 0.208. The van der Waals surface area contributed by atoms with Crippen LogP contribution in [0.1, 0.15) is 31.4 Å². The first-order chi connectivity index (χ1) is 12.1. The molecule has 0 saturated heterocycles. The van der Waals surface area contributed by atoms with Crippen LogP contribution >= 0.6 is 0 Å². The molecule has 0 fully saturated rings. The average molecular weight is 340 g/mol. The normalized spacial score (nSPS) is 10.7. The number of nitrogens with zero attached hydrogens (tertiary/aromatic N) is 1. The van der Waals surface area contributed by atoms with Crippen molar-refractivity contribution < 1.29 is 14.3 Å². The number of aromatic nitrogens is 1. The molecule has 25 heavy (non-hydrogen) atoms. The first-order valence-electron chi connectivity index (χ1n) is 8.43. The molecule has 5 nitrogen and oxygen atoms in total. The van der Waals surface area contributed by atoms with E-state index in [1.54, 1.807) is 18.5 Å². The number of anilines is 1. The van der Waals surface area contributed by atoms with Crippen LogP contribution in [-0.4, -0.2) is 24.1 Å². The van der Waals surface area contributed by atoms with Gasteiger partial charge in [-0.15, -0.1) is 0 Å². The van der Waals surface area contributed by atoms with Crippen LogP contribution in [-0.2, 0) is 4.79 Å². The maximum atomic E-state index is 12.1. The van der Waals surface area contributed by atoms with E-state index >= 15 is 0 Å². The van der Waals surface area contributed by atoms with Crippen LogP contribution in [0.15, 0.2) is 42.7 Å². The summed E-state index contributed by atoms with van der Waals surface area (Å²) in [4.78, 5) is 16.1. The van der Waals surface area contributed by atoms with Crippen molar-refractivity contribution in [3.63, 3.8) is 0 Å². The lowest BCUT2D eigenvalue weighted by Gasteiger charge is -2.12. The topological polar surface area (TPSA) is 60.5 Å². The smallest absolute Gasteiger partial charge is 0.248 e. The monoisotopic (exact) mass is 340 g/mol. The third-order valence-electron chi connectivity index (χ3n) is 3.45. The van der Waals surface area contributed by atoms with Crippen molar-refractivity contribution >= 4 is 17.7 Å². The van der Waals surface area contributed by atoms with E-state index in [0.717, 1.165) is 23.3 Å². The summed E-state index contributed by atoms with van der Waals surface area (Å²) in [6.07, 6.45) is 7.49. The minimum Gasteiger partial charge on any atom is -0.490 e. The van der Waals surface area contributed by atoms with E-state index in [4.69, 9.17) is 9.47 Å². The Labute approximate surface area is 148 Å². The van der Waals surface area contributed by atoms with E-state index in [9.17, 15) is 4.79 Å². The van der Waals surface area contributed by atoms with Gasteiger partial charge in [-0.2, -0.15) is 0 Å². The van der Waals surface area contributed by atoms with Crippen molar-refractivity contribution in [3.05, 3.63) is 53.9 Å². The predicted octanol–water partition coefficient (Wildman–Crippen LogP) is 4.23. The predicted molar refractivity (Wildman–Crippen MR) is 100 cm³/mol. The second-order valence-electron chi connectivity index (χ2n) is 5.50. The summed E-state index contributed by atoms with van der Waals surface area (Å²) in [5.41, 5.74) is 2.54. The standard InChI is InChI=1S/C20H24N2O3/c1-4-12-25-18-8-6-16(13-19(18)24-5-2)7-9-20(23)22-17-14-21-11-10-15(17)3/h6-11,13-14H,4-5,12H2,1-3H3,(H,22,23). The zero-order valence-corrected chi connectivity index (χ0v) is 14.9. The highest BCUT2D eigenvalue weighted by Crippen LogP contribution is 2.29. The summed E-state index contributed by atoms with van der Waals surface area (Å²) in [5, 5.41) is 2.82. The van der Waals surface area contributed by atoms with E-state index in [2.05, 4.69) is 17.2 Å². The van der Waals surface area contributed by atoms with Gasteiger partial charge in [-0.25, -0.2) is 0 Å². The molecular weight excluding hydrogens is 316 g/mol. The molecule has 1 aromatic carbocycles. The van der Waals surface area contributed by atoms with Gasteiger partial charge >= 0.3 is 0 Å². The van der Waals surface area contributed by atoms with Crippen molar-refractivity contribution in [1.82, 2.24) is 4.98 Å². The second kappa shape index (κ2) is 9.47. The van der Waals surface area contributed by atoms with Crippen LogP contribution in [0.5, 0.6) is 11.5 Å². The number of carbonyl (C=O) groups excluding carboxylic acids is 1. The largest absolute Gasteiger partial charge is 0.490 e. The van der Waals surface area contributed by atoms with Crippen LogP contribution in [0, 0.1) is 6.92 Å². The number of nitrogens with one attached hydrogen (secondary N) is 1. The number of ether oxygens (including phenoxy) is 2. The number of aryl methyl sites for hydroxylation is 1. The molecule has 0 aliphatic carbocycles. The lowest BCUT2D eigenvalue weighted by Crippen LogP contribution is -2.09. The molecule has 1 aromatic heterocycles. The highest BCUT2D eigenvalue weighted by Gasteiger charge is 2.06. The van der Waals surface area contributed by atoms with Gasteiger partial charge in [-0.1, -0.05) is 13.0 Å². The van der Waals surface area contributed by atoms with Gasteiger partial charge in [0.05, 0.1) is 25.1 Å². The van der Waals surface area contributed by atoms with Gasteiger partial charge in [-0.05, 0) is 55.7 Å². The summed E-state index contributed by atoms with van der Waals surface area (Å²) in [7, 11) is 0. The molecule has 1 N–H and O–H groups in total. The van der Waals surface area contributed by atoms with Crippen LogP contribution in [0.2, 0.25) is 0 Å². The third kappa shape index (κ3) is 5.64. The molecule has 1 heterocycles. The number of carbonyl (C=O) groups is 1. The molecule has 1 amide bonds. The second-order valence-corrected chi connectivity index (χ2v) is 5.50. The van der Waals surface area contributed by atoms with Crippen molar-refractivity contribution in [1.29, 1.82) is 0 Å². The van der Waals surface area contributed by atoms with Gasteiger partial charge in [0.25, 0.3) is 0 Å². The fraction of sp³-hybridized carbons (Fsp3) is 0.300. The van der Waals surface area contributed by atoms with E-state index < -0.39 is 0 Å². The molecular formula is C20H24N2O3. The van der Waals surface area contributed by atoms with E-state index in [0.29, 0.717) is 24.7 Å². The summed E-state index contributed by atoms with van der Waals surface area (Å²) >= 11 is 0. The number of rotatable bonds is 8. The van der Waals surface area contributed by atoms with E-state index in [1.165, 1.54) is 6.08 Å². The Morgan fingerprint density at radius 1 is 1.20 bits per heavy atom. The first kappa shape index (κ1) is 18.5. The minimum atomic E-state index is -0.208. The van der Waals surface area contributed by atoms with E-state index in [-0.39, 0.29) is 5.91 Å². The van der Waals surface area contributed by atoms with Gasteiger partial charge < -0.3 is 14.8 Å². The van der Waals surface area contributed by atoms with Crippen LogP contribution in [0.4, 0.5) is 5.69 Å². The van der Waals surface area contributed by atoms with Crippen LogP contribution in [0.25, 0.3) is 6.08 Å². The van der Waals surface area contributed by atoms with Gasteiger partial charge in [0.2, 0.25) is 5.91 Å². The van der Waals surface area contributed by atoms with Crippen molar-refractivity contribution in [3.8, 4) is 11.5 Å². The molecule has 132 valence electrons. The van der Waals surface area contributed by atoms with Gasteiger partial charge in [0, 0.05) is 12.3 Å². The number of hydrogen-bond acceptors (Lipinski definition) is 4. The highest BCUT2D eigenvalue weighted by atomic mass is 16.5. The Bertz CT molecular complexity index is 741. The van der Waals surface area contributed by atoms with Gasteiger partial charge in [0.1, 0.15) is 0 Å². The Balaban J connectivity index is 2.07. The van der Waals surface area contributed by atoms with E-state index in [1.807, 2.05) is 38.1 Å². The first-order valence-corrected chi connectivity index (χ1v) is 8.43. The van der Waals surface area contributed by atoms with Gasteiger partial charge in [0.15, 0.2) is 11.5 Å². The average Bonchev–Trinajstić information content (AvgIpc) is 2.61. The Morgan fingerprint density at radius 3 is 2.76 bits per heavy atom. The summed E-state index contributed by atoms with van der Waals surface area (Å²) in [5.74, 6) is 1.19. The molecule has 5 heteroatoms. The zero-order valence-electron chi connectivity index (χ0n) is 14.9. The summed E-state index contributed by atoms with van der Waals surface area (Å²) in [6, 6.07) is 7.48. The quantitative estimate of drug-likeness (QED) is 0.731. The molecule has 0 saturated carbocycles.